The number of nitrogens with zero attached hydrogens (tertiary/aromatic N) is 4. The van der Waals surface area contributed by atoms with Crippen LogP contribution in [0, 0.1) is 0 Å². The minimum atomic E-state index is -0.288. The van der Waals surface area contributed by atoms with Crippen molar-refractivity contribution in [3.8, 4) is 0 Å². The molecule has 0 amide bonds. The second-order valence-electron chi connectivity index (χ2n) is 7.88. The molecule has 2 rings (SSSR count). The summed E-state index contributed by atoms with van der Waals surface area (Å²) in [7, 11) is 1.69. The van der Waals surface area contributed by atoms with Crippen molar-refractivity contribution in [2.45, 2.75) is 58.8 Å². The molecule has 0 aromatic carbocycles. The van der Waals surface area contributed by atoms with E-state index in [1.54, 1.807) is 7.11 Å². The fourth-order valence-corrected chi connectivity index (χ4v) is 3.10. The van der Waals surface area contributed by atoms with Crippen molar-refractivity contribution in [2.75, 3.05) is 38.2 Å². The van der Waals surface area contributed by atoms with Crippen molar-refractivity contribution < 1.29 is 9.84 Å². The van der Waals surface area contributed by atoms with E-state index in [-0.39, 0.29) is 11.5 Å². The highest BCUT2D eigenvalue weighted by atomic mass is 16.5. The van der Waals surface area contributed by atoms with Gasteiger partial charge in [0.1, 0.15) is 11.6 Å². The van der Waals surface area contributed by atoms with Gasteiger partial charge in [-0.15, -0.1) is 0 Å². The summed E-state index contributed by atoms with van der Waals surface area (Å²) in [4.78, 5) is 14.2. The van der Waals surface area contributed by atoms with Crippen molar-refractivity contribution >= 4 is 5.82 Å². The van der Waals surface area contributed by atoms with E-state index < -0.39 is 0 Å². The summed E-state index contributed by atoms with van der Waals surface area (Å²) in [6.07, 6.45) is -0.288. The maximum Gasteiger partial charge on any atom is 0.136 e. The fraction of sp³-hybridized carbons (Fsp3) is 0.778. The first kappa shape index (κ1) is 19.1. The molecule has 1 aliphatic rings. The van der Waals surface area contributed by atoms with E-state index in [0.717, 1.165) is 43.5 Å². The molecule has 1 N–H and O–H groups in total. The maximum absolute atomic E-state index is 9.61. The highest BCUT2D eigenvalue weighted by Crippen LogP contribution is 2.25. The van der Waals surface area contributed by atoms with E-state index >= 15 is 0 Å². The van der Waals surface area contributed by atoms with Gasteiger partial charge in [0.15, 0.2) is 0 Å². The molecule has 0 spiro atoms. The quantitative estimate of drug-likeness (QED) is 0.885. The van der Waals surface area contributed by atoms with Gasteiger partial charge in [-0.25, -0.2) is 9.97 Å². The zero-order valence-electron chi connectivity index (χ0n) is 15.9. The molecule has 0 saturated carbocycles. The fourth-order valence-electron chi connectivity index (χ4n) is 3.10. The SMILES string of the molecule is COCc1cc(N2CCN(CC(C)O)CC2C)nc(C(C)(C)C)n1. The molecule has 136 valence electrons. The van der Waals surface area contributed by atoms with Gasteiger partial charge < -0.3 is 14.7 Å². The van der Waals surface area contributed by atoms with Crippen molar-refractivity contribution in [2.24, 2.45) is 0 Å². The van der Waals surface area contributed by atoms with Gasteiger partial charge in [-0.3, -0.25) is 4.90 Å². The smallest absolute Gasteiger partial charge is 0.136 e. The molecule has 6 heteroatoms. The normalized spacial score (nSPS) is 21.1. The van der Waals surface area contributed by atoms with Gasteiger partial charge in [0, 0.05) is 50.8 Å². The Labute approximate surface area is 145 Å². The molecule has 6 nitrogen and oxygen atoms in total. The summed E-state index contributed by atoms with van der Waals surface area (Å²) in [5, 5.41) is 9.61. The number of piperazine rings is 1. The maximum atomic E-state index is 9.61. The zero-order chi connectivity index (χ0) is 17.9. The van der Waals surface area contributed by atoms with Crippen molar-refractivity contribution in [3.05, 3.63) is 17.6 Å². The third kappa shape index (κ3) is 4.88. The third-order valence-corrected chi connectivity index (χ3v) is 4.26. The van der Waals surface area contributed by atoms with Gasteiger partial charge in [0.25, 0.3) is 0 Å². The minimum Gasteiger partial charge on any atom is -0.392 e. The molecule has 0 bridgehead atoms. The molecule has 1 aromatic rings. The van der Waals surface area contributed by atoms with E-state index in [2.05, 4.69) is 42.5 Å². The molecule has 2 heterocycles. The standard InChI is InChI=1S/C18H32N4O2/c1-13-10-21(11-14(2)23)7-8-22(13)16-9-15(12-24-6)19-17(20-16)18(3,4)5/h9,13-14,23H,7-8,10-12H2,1-6H3. The van der Waals surface area contributed by atoms with Crippen LogP contribution in [0.15, 0.2) is 6.07 Å². The Morgan fingerprint density at radius 3 is 2.58 bits per heavy atom. The van der Waals surface area contributed by atoms with Gasteiger partial charge in [-0.05, 0) is 13.8 Å². The predicted molar refractivity (Wildman–Crippen MR) is 96.4 cm³/mol. The van der Waals surface area contributed by atoms with Crippen molar-refractivity contribution in [3.63, 3.8) is 0 Å². The van der Waals surface area contributed by atoms with Crippen molar-refractivity contribution in [1.29, 1.82) is 0 Å². The first-order chi connectivity index (χ1) is 11.2. The molecule has 2 atom stereocenters. The number of hydrogen-bond acceptors (Lipinski definition) is 6. The number of methoxy groups -OCH3 is 1. The van der Waals surface area contributed by atoms with Crippen LogP contribution in [-0.4, -0.2) is 65.4 Å². The highest BCUT2D eigenvalue weighted by Gasteiger charge is 2.27. The lowest BCUT2D eigenvalue weighted by Crippen LogP contribution is -2.53. The summed E-state index contributed by atoms with van der Waals surface area (Å²) in [5.74, 6) is 1.83. The van der Waals surface area contributed by atoms with Crippen LogP contribution in [-0.2, 0) is 16.8 Å². The van der Waals surface area contributed by atoms with E-state index in [1.165, 1.54) is 0 Å². The summed E-state index contributed by atoms with van der Waals surface area (Å²) < 4.78 is 5.28. The van der Waals surface area contributed by atoms with Gasteiger partial charge in [-0.2, -0.15) is 0 Å². The summed E-state index contributed by atoms with van der Waals surface area (Å²) in [5.41, 5.74) is 0.821. The van der Waals surface area contributed by atoms with Crippen LogP contribution in [0.1, 0.15) is 46.1 Å². The summed E-state index contributed by atoms with van der Waals surface area (Å²) in [6.45, 7) is 14.4. The van der Waals surface area contributed by atoms with E-state index in [4.69, 9.17) is 9.72 Å². The number of aromatic nitrogens is 2. The van der Waals surface area contributed by atoms with Crippen LogP contribution in [0.25, 0.3) is 0 Å². The largest absolute Gasteiger partial charge is 0.392 e. The van der Waals surface area contributed by atoms with Crippen molar-refractivity contribution in [1.82, 2.24) is 14.9 Å². The van der Waals surface area contributed by atoms with E-state index in [1.807, 2.05) is 13.0 Å². The average molecular weight is 336 g/mol. The molecule has 0 aliphatic carbocycles. The Hall–Kier alpha value is -1.24. The first-order valence-electron chi connectivity index (χ1n) is 8.75. The lowest BCUT2D eigenvalue weighted by atomic mass is 9.95. The average Bonchev–Trinajstić information content (AvgIpc) is 2.45. The molecular formula is C18H32N4O2. The molecule has 24 heavy (non-hydrogen) atoms. The van der Waals surface area contributed by atoms with Crippen LogP contribution < -0.4 is 4.90 Å². The van der Waals surface area contributed by atoms with Crippen LogP contribution in [0.4, 0.5) is 5.82 Å². The second kappa shape index (κ2) is 7.76. The molecule has 1 saturated heterocycles. The number of aliphatic hydroxyl groups excluding tert-OH is 1. The molecule has 2 unspecified atom stereocenters. The van der Waals surface area contributed by atoms with Gasteiger partial charge in [0.05, 0.1) is 18.4 Å². The topological polar surface area (TPSA) is 61.7 Å². The predicted octanol–water partition coefficient (Wildman–Crippen LogP) is 1.81. The third-order valence-electron chi connectivity index (χ3n) is 4.26. The minimum absolute atomic E-state index is 0.101. The molecule has 0 radical (unpaired) electrons. The second-order valence-corrected chi connectivity index (χ2v) is 7.88. The van der Waals surface area contributed by atoms with Gasteiger partial charge >= 0.3 is 0 Å². The van der Waals surface area contributed by atoms with E-state index in [0.29, 0.717) is 12.6 Å². The summed E-state index contributed by atoms with van der Waals surface area (Å²) in [6, 6.07) is 2.38. The zero-order valence-corrected chi connectivity index (χ0v) is 15.9. The Morgan fingerprint density at radius 2 is 2.04 bits per heavy atom. The van der Waals surface area contributed by atoms with Crippen LogP contribution in [0.5, 0.6) is 0 Å². The van der Waals surface area contributed by atoms with E-state index in [9.17, 15) is 5.11 Å². The summed E-state index contributed by atoms with van der Waals surface area (Å²) >= 11 is 0. The van der Waals surface area contributed by atoms with Crippen LogP contribution in [0.2, 0.25) is 0 Å². The Kier molecular flexibility index (Phi) is 6.17. The lowest BCUT2D eigenvalue weighted by molar-refractivity contribution is 0.114. The number of ether oxygens (including phenoxy) is 1. The Bertz CT molecular complexity index is 542. The Balaban J connectivity index is 2.23. The van der Waals surface area contributed by atoms with Crippen LogP contribution in [0.3, 0.4) is 0 Å². The number of aliphatic hydroxyl groups is 1. The first-order valence-corrected chi connectivity index (χ1v) is 8.75. The van der Waals surface area contributed by atoms with Gasteiger partial charge in [-0.1, -0.05) is 20.8 Å². The Morgan fingerprint density at radius 1 is 1.33 bits per heavy atom. The molecule has 1 aromatic heterocycles. The molecule has 1 fully saturated rings. The van der Waals surface area contributed by atoms with Gasteiger partial charge in [0.2, 0.25) is 0 Å². The monoisotopic (exact) mass is 336 g/mol. The van der Waals surface area contributed by atoms with Crippen LogP contribution >= 0.6 is 0 Å². The lowest BCUT2D eigenvalue weighted by Gasteiger charge is -2.41. The molecule has 1 aliphatic heterocycles. The number of rotatable bonds is 5. The number of hydrogen-bond donors (Lipinski definition) is 1. The number of anilines is 1. The molecular weight excluding hydrogens is 304 g/mol. The number of β-amino-alcohol motifs (C(OH)–C–C–N with tert-alkyl or cyclic N) is 1. The highest BCUT2D eigenvalue weighted by molar-refractivity contribution is 5.42.